The Morgan fingerprint density at radius 1 is 1.18 bits per heavy atom. The molecule has 0 unspecified atom stereocenters. The summed E-state index contributed by atoms with van der Waals surface area (Å²) in [5.41, 5.74) is 1.49. The minimum atomic E-state index is 0.154. The molecule has 94 valence electrons. The third-order valence-electron chi connectivity index (χ3n) is 2.31. The molecule has 1 aromatic rings. The van der Waals surface area contributed by atoms with Crippen LogP contribution in [0.25, 0.3) is 0 Å². The number of hydrogen-bond donors (Lipinski definition) is 0. The van der Waals surface area contributed by atoms with Gasteiger partial charge in [-0.25, -0.2) is 0 Å². The molecule has 0 aliphatic carbocycles. The zero-order chi connectivity index (χ0) is 12.7. The van der Waals surface area contributed by atoms with E-state index in [9.17, 15) is 4.79 Å². The second kappa shape index (κ2) is 6.91. The van der Waals surface area contributed by atoms with Gasteiger partial charge in [0, 0.05) is 18.2 Å². The number of carbonyl (C=O) groups excluding carboxylic acids is 1. The third kappa shape index (κ3) is 3.46. The van der Waals surface area contributed by atoms with Gasteiger partial charge < -0.3 is 14.2 Å². The van der Waals surface area contributed by atoms with E-state index in [1.54, 1.807) is 19.2 Å². The van der Waals surface area contributed by atoms with Crippen LogP contribution in [-0.2, 0) is 11.2 Å². The van der Waals surface area contributed by atoms with Crippen molar-refractivity contribution < 1.29 is 19.0 Å². The van der Waals surface area contributed by atoms with Crippen molar-refractivity contribution in [1.82, 2.24) is 0 Å². The van der Waals surface area contributed by atoms with E-state index in [2.05, 4.69) is 0 Å². The highest BCUT2D eigenvalue weighted by Gasteiger charge is 2.11. The first kappa shape index (κ1) is 13.5. The minimum Gasteiger partial charge on any atom is -0.493 e. The molecule has 0 aromatic heterocycles. The van der Waals surface area contributed by atoms with Crippen LogP contribution in [0.15, 0.2) is 12.1 Å². The molecule has 0 heterocycles. The quantitative estimate of drug-likeness (QED) is 0.540. The molecular weight excluding hydrogens is 220 g/mol. The average Bonchev–Trinajstić information content (AvgIpc) is 2.36. The van der Waals surface area contributed by atoms with Crippen LogP contribution in [0.4, 0.5) is 0 Å². The summed E-state index contributed by atoms with van der Waals surface area (Å²) in [5, 5.41) is 0. The molecule has 0 saturated heterocycles. The molecule has 1 rings (SSSR count). The van der Waals surface area contributed by atoms with Gasteiger partial charge in [-0.2, -0.15) is 0 Å². The SMILES string of the molecule is CCOc1cc(C=O)cc(OCOC)c1CC. The molecule has 0 N–H and O–H groups in total. The van der Waals surface area contributed by atoms with E-state index in [4.69, 9.17) is 14.2 Å². The Bertz CT molecular complexity index is 374. The summed E-state index contributed by atoms with van der Waals surface area (Å²) in [6, 6.07) is 3.43. The second-order valence-electron chi connectivity index (χ2n) is 3.45. The molecule has 4 nitrogen and oxygen atoms in total. The van der Waals surface area contributed by atoms with Crippen LogP contribution in [0.3, 0.4) is 0 Å². The van der Waals surface area contributed by atoms with E-state index in [1.807, 2.05) is 13.8 Å². The normalized spacial score (nSPS) is 10.1. The number of aldehydes is 1. The van der Waals surface area contributed by atoms with E-state index in [1.165, 1.54) is 0 Å². The van der Waals surface area contributed by atoms with E-state index in [-0.39, 0.29) is 6.79 Å². The highest BCUT2D eigenvalue weighted by atomic mass is 16.7. The number of hydrogen-bond acceptors (Lipinski definition) is 4. The van der Waals surface area contributed by atoms with Crippen molar-refractivity contribution in [3.8, 4) is 11.5 Å². The summed E-state index contributed by atoms with van der Waals surface area (Å²) >= 11 is 0. The van der Waals surface area contributed by atoms with Crippen LogP contribution in [0, 0.1) is 0 Å². The van der Waals surface area contributed by atoms with Gasteiger partial charge in [0.1, 0.15) is 17.8 Å². The Balaban J connectivity index is 3.13. The molecule has 0 aliphatic heterocycles. The third-order valence-corrected chi connectivity index (χ3v) is 2.31. The highest BCUT2D eigenvalue weighted by molar-refractivity contribution is 5.77. The van der Waals surface area contributed by atoms with Crippen LogP contribution >= 0.6 is 0 Å². The monoisotopic (exact) mass is 238 g/mol. The smallest absolute Gasteiger partial charge is 0.188 e. The number of methoxy groups -OCH3 is 1. The lowest BCUT2D eigenvalue weighted by atomic mass is 10.1. The molecule has 0 radical (unpaired) electrons. The molecule has 1 aromatic carbocycles. The van der Waals surface area contributed by atoms with Gasteiger partial charge in [-0.1, -0.05) is 6.92 Å². The lowest BCUT2D eigenvalue weighted by molar-refractivity contribution is 0.0502. The van der Waals surface area contributed by atoms with Crippen LogP contribution < -0.4 is 9.47 Å². The Morgan fingerprint density at radius 3 is 2.29 bits per heavy atom. The van der Waals surface area contributed by atoms with Crippen LogP contribution in [0.1, 0.15) is 29.8 Å². The number of carbonyl (C=O) groups is 1. The molecule has 0 spiro atoms. The molecule has 17 heavy (non-hydrogen) atoms. The van der Waals surface area contributed by atoms with Gasteiger partial charge in [0.15, 0.2) is 6.79 Å². The lowest BCUT2D eigenvalue weighted by Gasteiger charge is -2.15. The largest absolute Gasteiger partial charge is 0.493 e. The first-order valence-electron chi connectivity index (χ1n) is 5.63. The second-order valence-corrected chi connectivity index (χ2v) is 3.45. The van der Waals surface area contributed by atoms with E-state index in [0.29, 0.717) is 23.7 Å². The molecule has 4 heteroatoms. The Kier molecular flexibility index (Phi) is 5.49. The summed E-state index contributed by atoms with van der Waals surface area (Å²) in [7, 11) is 1.55. The summed E-state index contributed by atoms with van der Waals surface area (Å²) in [5.74, 6) is 1.34. The zero-order valence-electron chi connectivity index (χ0n) is 10.5. The maximum Gasteiger partial charge on any atom is 0.188 e. The number of ether oxygens (including phenoxy) is 3. The fourth-order valence-corrected chi connectivity index (χ4v) is 1.59. The summed E-state index contributed by atoms with van der Waals surface area (Å²) in [4.78, 5) is 10.8. The summed E-state index contributed by atoms with van der Waals surface area (Å²) in [6.45, 7) is 4.63. The van der Waals surface area contributed by atoms with Gasteiger partial charge in [-0.15, -0.1) is 0 Å². The molecule has 0 atom stereocenters. The molecule has 0 saturated carbocycles. The predicted octanol–water partition coefficient (Wildman–Crippen LogP) is 2.44. The number of rotatable bonds is 7. The predicted molar refractivity (Wildman–Crippen MR) is 64.9 cm³/mol. The average molecular weight is 238 g/mol. The van der Waals surface area contributed by atoms with Crippen LogP contribution in [-0.4, -0.2) is 26.8 Å². The van der Waals surface area contributed by atoms with Gasteiger partial charge in [-0.3, -0.25) is 4.79 Å². The summed E-state index contributed by atoms with van der Waals surface area (Å²) in [6.07, 6.45) is 1.55. The molecule has 0 aliphatic rings. The van der Waals surface area contributed by atoms with Gasteiger partial charge in [0.25, 0.3) is 0 Å². The Morgan fingerprint density at radius 2 is 1.82 bits per heavy atom. The van der Waals surface area contributed by atoms with Crippen molar-refractivity contribution in [1.29, 1.82) is 0 Å². The molecule has 0 amide bonds. The van der Waals surface area contributed by atoms with Crippen molar-refractivity contribution in [2.45, 2.75) is 20.3 Å². The topological polar surface area (TPSA) is 44.8 Å². The van der Waals surface area contributed by atoms with Gasteiger partial charge in [0.2, 0.25) is 0 Å². The number of benzene rings is 1. The van der Waals surface area contributed by atoms with Crippen LogP contribution in [0.5, 0.6) is 11.5 Å². The molecular formula is C13H18O4. The van der Waals surface area contributed by atoms with Gasteiger partial charge in [0.05, 0.1) is 6.61 Å². The van der Waals surface area contributed by atoms with Crippen LogP contribution in [0.2, 0.25) is 0 Å². The maximum absolute atomic E-state index is 10.8. The fourth-order valence-electron chi connectivity index (χ4n) is 1.59. The van der Waals surface area contributed by atoms with Crippen molar-refractivity contribution in [2.75, 3.05) is 20.5 Å². The first-order chi connectivity index (χ1) is 8.26. The maximum atomic E-state index is 10.8. The standard InChI is InChI=1S/C13H18O4/c1-4-11-12(16-5-2)6-10(8-14)7-13(11)17-9-15-3/h6-8H,4-5,9H2,1-3H3. The molecule has 0 fully saturated rings. The molecule has 0 bridgehead atoms. The summed E-state index contributed by atoms with van der Waals surface area (Å²) < 4.78 is 15.8. The van der Waals surface area contributed by atoms with Crippen molar-refractivity contribution in [2.24, 2.45) is 0 Å². The Hall–Kier alpha value is -1.55. The van der Waals surface area contributed by atoms with E-state index in [0.717, 1.165) is 18.3 Å². The van der Waals surface area contributed by atoms with E-state index < -0.39 is 0 Å². The fraction of sp³-hybridized carbons (Fsp3) is 0.462. The minimum absolute atomic E-state index is 0.154. The van der Waals surface area contributed by atoms with E-state index >= 15 is 0 Å². The van der Waals surface area contributed by atoms with Gasteiger partial charge >= 0.3 is 0 Å². The Labute approximate surface area is 101 Å². The highest BCUT2D eigenvalue weighted by Crippen LogP contribution is 2.31. The lowest BCUT2D eigenvalue weighted by Crippen LogP contribution is -2.05. The zero-order valence-corrected chi connectivity index (χ0v) is 10.5. The van der Waals surface area contributed by atoms with Crippen molar-refractivity contribution in [3.63, 3.8) is 0 Å². The van der Waals surface area contributed by atoms with Crippen molar-refractivity contribution >= 4 is 6.29 Å². The first-order valence-corrected chi connectivity index (χ1v) is 5.63. The van der Waals surface area contributed by atoms with Crippen molar-refractivity contribution in [3.05, 3.63) is 23.3 Å². The van der Waals surface area contributed by atoms with Gasteiger partial charge in [-0.05, 0) is 25.5 Å².